The van der Waals surface area contributed by atoms with Gasteiger partial charge in [-0.25, -0.2) is 0 Å². The van der Waals surface area contributed by atoms with Crippen molar-refractivity contribution in [2.75, 3.05) is 0 Å². The van der Waals surface area contributed by atoms with E-state index in [1.807, 2.05) is 23.5 Å². The first kappa shape index (κ1) is 22.7. The van der Waals surface area contributed by atoms with Gasteiger partial charge in [-0.05, 0) is 80.0 Å². The number of hydrogen-bond acceptors (Lipinski definition) is 1. The molecule has 0 saturated heterocycles. The Morgan fingerprint density at radius 2 is 1.29 bits per heavy atom. The number of hydrogen-bond donors (Lipinski definition) is 0. The molecule has 0 aliphatic carbocycles. The SMILES string of the molecule is C=C/C=C\c1c(C)c2ccccc2c2cc(-c3cccc(-c4cccc5c4sc4ccccc45)c3)ccc12. The summed E-state index contributed by atoms with van der Waals surface area (Å²) in [5.41, 5.74) is 7.57. The molecule has 1 heterocycles. The van der Waals surface area contributed by atoms with Crippen molar-refractivity contribution in [3.63, 3.8) is 0 Å². The molecule has 38 heavy (non-hydrogen) atoms. The highest BCUT2D eigenvalue weighted by Gasteiger charge is 2.13. The molecule has 0 N–H and O–H groups in total. The minimum Gasteiger partial charge on any atom is -0.135 e. The number of allylic oxidation sites excluding steroid dienone is 2. The number of thiophene rings is 1. The van der Waals surface area contributed by atoms with E-state index in [0.29, 0.717) is 0 Å². The van der Waals surface area contributed by atoms with Crippen LogP contribution in [0.1, 0.15) is 11.1 Å². The Hall–Kier alpha value is -4.46. The van der Waals surface area contributed by atoms with Gasteiger partial charge in [-0.15, -0.1) is 11.3 Å². The van der Waals surface area contributed by atoms with Gasteiger partial charge in [-0.1, -0.05) is 116 Å². The van der Waals surface area contributed by atoms with Gasteiger partial charge in [0, 0.05) is 20.2 Å². The van der Waals surface area contributed by atoms with Crippen LogP contribution in [0.15, 0.2) is 128 Å². The summed E-state index contributed by atoms with van der Waals surface area (Å²) in [5.74, 6) is 0. The Labute approximate surface area is 226 Å². The van der Waals surface area contributed by atoms with Crippen LogP contribution in [0.5, 0.6) is 0 Å². The fourth-order valence-electron chi connectivity index (χ4n) is 5.79. The maximum Gasteiger partial charge on any atom is 0.0433 e. The van der Waals surface area contributed by atoms with Crippen molar-refractivity contribution in [2.24, 2.45) is 0 Å². The van der Waals surface area contributed by atoms with Crippen LogP contribution >= 0.6 is 11.3 Å². The second-order valence-corrected chi connectivity index (χ2v) is 10.9. The van der Waals surface area contributed by atoms with E-state index in [2.05, 4.69) is 129 Å². The van der Waals surface area contributed by atoms with Crippen LogP contribution < -0.4 is 0 Å². The standard InChI is InChI=1S/C37H26S/c1-3-4-13-28-24(2)29-14-5-6-15-31(29)35-23-26(20-21-32(28)35)25-11-9-12-27(22-25)30-17-10-18-34-33-16-7-8-19-36(33)38-37(30)34/h3-23H,1H2,2H3/b13-4-. The van der Waals surface area contributed by atoms with Gasteiger partial charge in [0.15, 0.2) is 0 Å². The van der Waals surface area contributed by atoms with Crippen LogP contribution in [0.4, 0.5) is 0 Å². The maximum absolute atomic E-state index is 3.88. The van der Waals surface area contributed by atoms with E-state index < -0.39 is 0 Å². The summed E-state index contributed by atoms with van der Waals surface area (Å²) in [6.45, 7) is 6.10. The Morgan fingerprint density at radius 1 is 0.579 bits per heavy atom. The first-order valence-electron chi connectivity index (χ1n) is 13.0. The highest BCUT2D eigenvalue weighted by atomic mass is 32.1. The quantitative estimate of drug-likeness (QED) is 0.166. The fraction of sp³-hybridized carbons (Fsp3) is 0.0270. The molecule has 1 aromatic heterocycles. The average Bonchev–Trinajstić information content (AvgIpc) is 3.36. The third-order valence-corrected chi connectivity index (χ3v) is 8.87. The van der Waals surface area contributed by atoms with Crippen LogP contribution in [-0.2, 0) is 0 Å². The van der Waals surface area contributed by atoms with Crippen LogP contribution in [0.3, 0.4) is 0 Å². The van der Waals surface area contributed by atoms with E-state index in [1.54, 1.807) is 0 Å². The normalized spacial score (nSPS) is 11.8. The van der Waals surface area contributed by atoms with E-state index in [-0.39, 0.29) is 0 Å². The van der Waals surface area contributed by atoms with Gasteiger partial charge in [-0.2, -0.15) is 0 Å². The number of fused-ring (bicyclic) bond motifs is 6. The van der Waals surface area contributed by atoms with Crippen LogP contribution in [0.25, 0.3) is 70.0 Å². The van der Waals surface area contributed by atoms with E-state index in [9.17, 15) is 0 Å². The molecular formula is C37H26S. The lowest BCUT2D eigenvalue weighted by atomic mass is 9.89. The van der Waals surface area contributed by atoms with Gasteiger partial charge in [0.1, 0.15) is 0 Å². The van der Waals surface area contributed by atoms with Crippen molar-refractivity contribution in [3.8, 4) is 22.3 Å². The smallest absolute Gasteiger partial charge is 0.0433 e. The molecule has 0 radical (unpaired) electrons. The maximum atomic E-state index is 3.88. The van der Waals surface area contributed by atoms with Gasteiger partial charge < -0.3 is 0 Å². The summed E-state index contributed by atoms with van der Waals surface area (Å²) in [6, 6.07) is 40.0. The zero-order valence-corrected chi connectivity index (χ0v) is 22.1. The summed E-state index contributed by atoms with van der Waals surface area (Å²) in [7, 11) is 0. The zero-order chi connectivity index (χ0) is 25.6. The Kier molecular flexibility index (Phi) is 5.46. The molecule has 0 atom stereocenters. The van der Waals surface area contributed by atoms with Gasteiger partial charge in [-0.3, -0.25) is 0 Å². The van der Waals surface area contributed by atoms with Crippen molar-refractivity contribution in [2.45, 2.75) is 6.92 Å². The monoisotopic (exact) mass is 502 g/mol. The molecule has 0 aliphatic heterocycles. The summed E-state index contributed by atoms with van der Waals surface area (Å²) >= 11 is 1.88. The fourth-order valence-corrected chi connectivity index (χ4v) is 7.03. The average molecular weight is 503 g/mol. The molecule has 180 valence electrons. The minimum atomic E-state index is 1.23. The summed E-state index contributed by atoms with van der Waals surface area (Å²) in [4.78, 5) is 0. The van der Waals surface area contributed by atoms with E-state index in [1.165, 1.54) is 75.1 Å². The van der Waals surface area contributed by atoms with Gasteiger partial charge in [0.2, 0.25) is 0 Å². The Balaban J connectivity index is 1.42. The molecular weight excluding hydrogens is 476 g/mol. The molecule has 7 aromatic rings. The third kappa shape index (κ3) is 3.59. The summed E-state index contributed by atoms with van der Waals surface area (Å²) in [5, 5.41) is 7.82. The van der Waals surface area contributed by atoms with Gasteiger partial charge in [0.05, 0.1) is 0 Å². The lowest BCUT2D eigenvalue weighted by Gasteiger charge is -2.14. The Bertz CT molecular complexity index is 2050. The second kappa shape index (κ2) is 9.13. The molecule has 0 spiro atoms. The number of rotatable bonds is 4. The Morgan fingerprint density at radius 3 is 2.16 bits per heavy atom. The topological polar surface area (TPSA) is 0 Å². The molecule has 0 unspecified atom stereocenters. The van der Waals surface area contributed by atoms with Crippen LogP contribution in [-0.4, -0.2) is 0 Å². The number of aryl methyl sites for hydroxylation is 1. The molecule has 0 saturated carbocycles. The molecule has 0 fully saturated rings. The summed E-state index contributed by atoms with van der Waals surface area (Å²) < 4.78 is 2.69. The highest BCUT2D eigenvalue weighted by molar-refractivity contribution is 7.26. The molecule has 1 heteroatoms. The van der Waals surface area contributed by atoms with Crippen LogP contribution in [0.2, 0.25) is 0 Å². The van der Waals surface area contributed by atoms with Crippen molar-refractivity contribution in [1.29, 1.82) is 0 Å². The van der Waals surface area contributed by atoms with E-state index in [0.717, 1.165) is 0 Å². The van der Waals surface area contributed by atoms with Gasteiger partial charge >= 0.3 is 0 Å². The number of benzene rings is 6. The second-order valence-electron chi connectivity index (χ2n) is 9.80. The van der Waals surface area contributed by atoms with E-state index >= 15 is 0 Å². The predicted octanol–water partition coefficient (Wildman–Crippen LogP) is 11.2. The van der Waals surface area contributed by atoms with Crippen molar-refractivity contribution in [3.05, 3.63) is 139 Å². The first-order chi connectivity index (χ1) is 18.7. The molecule has 0 amide bonds. The van der Waals surface area contributed by atoms with E-state index in [4.69, 9.17) is 0 Å². The van der Waals surface area contributed by atoms with Gasteiger partial charge in [0.25, 0.3) is 0 Å². The van der Waals surface area contributed by atoms with Crippen molar-refractivity contribution in [1.82, 2.24) is 0 Å². The minimum absolute atomic E-state index is 1.23. The van der Waals surface area contributed by atoms with Crippen molar-refractivity contribution < 1.29 is 0 Å². The largest absolute Gasteiger partial charge is 0.135 e. The van der Waals surface area contributed by atoms with Crippen molar-refractivity contribution >= 4 is 59.1 Å². The molecule has 6 aromatic carbocycles. The van der Waals surface area contributed by atoms with Crippen LogP contribution in [0, 0.1) is 6.92 Å². The third-order valence-electron chi connectivity index (χ3n) is 7.65. The lowest BCUT2D eigenvalue weighted by molar-refractivity contribution is 1.52. The lowest BCUT2D eigenvalue weighted by Crippen LogP contribution is -1.90. The summed E-state index contributed by atoms with van der Waals surface area (Å²) in [6.07, 6.45) is 6.06. The first-order valence-corrected chi connectivity index (χ1v) is 13.8. The predicted molar refractivity (Wildman–Crippen MR) is 169 cm³/mol. The molecule has 7 rings (SSSR count). The molecule has 0 nitrogen and oxygen atoms in total. The molecule has 0 bridgehead atoms. The molecule has 0 aliphatic rings. The zero-order valence-electron chi connectivity index (χ0n) is 21.2. The highest BCUT2D eigenvalue weighted by Crippen LogP contribution is 2.41.